The van der Waals surface area contributed by atoms with Gasteiger partial charge in [0.15, 0.2) is 11.6 Å². The second kappa shape index (κ2) is 7.71. The first kappa shape index (κ1) is 16.8. The lowest BCUT2D eigenvalue weighted by molar-refractivity contribution is 0.0972. The lowest BCUT2D eigenvalue weighted by Gasteiger charge is -2.21. The Balaban J connectivity index is 1.53. The predicted octanol–water partition coefficient (Wildman–Crippen LogP) is 3.99. The van der Waals surface area contributed by atoms with Gasteiger partial charge in [-0.25, -0.2) is 0 Å². The molecule has 1 aromatic carbocycles. The second-order valence-corrected chi connectivity index (χ2v) is 6.73. The number of rotatable bonds is 7. The largest absolute Gasteiger partial charge is 0.338 e. The lowest BCUT2D eigenvalue weighted by atomic mass is 10.1. The van der Waals surface area contributed by atoms with Crippen LogP contribution in [0.15, 0.2) is 34.9 Å². The molecule has 24 heavy (non-hydrogen) atoms. The fraction of sp³-hybridized carbons (Fsp3) is 0.526. The molecule has 5 heteroatoms. The van der Waals surface area contributed by atoms with Crippen LogP contribution in [0.4, 0.5) is 0 Å². The maximum Gasteiger partial charge on any atom is 0.244 e. The van der Waals surface area contributed by atoms with Gasteiger partial charge in [-0.2, -0.15) is 4.98 Å². The molecule has 128 valence electrons. The minimum atomic E-state index is 0.205. The number of hydrogen-bond acceptors (Lipinski definition) is 5. The maximum absolute atomic E-state index is 12.2. The van der Waals surface area contributed by atoms with Crippen molar-refractivity contribution in [2.24, 2.45) is 0 Å². The van der Waals surface area contributed by atoms with Crippen molar-refractivity contribution in [1.82, 2.24) is 15.0 Å². The average molecular weight is 327 g/mol. The van der Waals surface area contributed by atoms with Crippen molar-refractivity contribution in [3.8, 4) is 0 Å². The zero-order valence-corrected chi connectivity index (χ0v) is 14.4. The Labute approximate surface area is 143 Å². The molecular weight excluding hydrogens is 302 g/mol. The van der Waals surface area contributed by atoms with Gasteiger partial charge in [0.1, 0.15) is 0 Å². The molecule has 3 rings (SSSR count). The van der Waals surface area contributed by atoms with Crippen molar-refractivity contribution in [1.29, 1.82) is 0 Å². The zero-order valence-electron chi connectivity index (χ0n) is 14.4. The van der Waals surface area contributed by atoms with Crippen LogP contribution in [0.3, 0.4) is 0 Å². The SMILES string of the molecule is CC(C)c1noc([C@H]2CCCN2CCCC(=O)c2ccccc2)n1. The molecule has 1 aliphatic heterocycles. The van der Waals surface area contributed by atoms with Gasteiger partial charge in [0, 0.05) is 17.9 Å². The summed E-state index contributed by atoms with van der Waals surface area (Å²) in [7, 11) is 0. The Kier molecular flexibility index (Phi) is 5.41. The van der Waals surface area contributed by atoms with E-state index in [0.29, 0.717) is 6.42 Å². The monoisotopic (exact) mass is 327 g/mol. The molecule has 0 bridgehead atoms. The molecule has 0 amide bonds. The topological polar surface area (TPSA) is 59.2 Å². The van der Waals surface area contributed by atoms with Gasteiger partial charge in [0.2, 0.25) is 5.89 Å². The van der Waals surface area contributed by atoms with Crippen LogP contribution >= 0.6 is 0 Å². The highest BCUT2D eigenvalue weighted by molar-refractivity contribution is 5.95. The molecule has 0 radical (unpaired) electrons. The quantitative estimate of drug-likeness (QED) is 0.720. The van der Waals surface area contributed by atoms with E-state index >= 15 is 0 Å². The van der Waals surface area contributed by atoms with Gasteiger partial charge >= 0.3 is 0 Å². The summed E-state index contributed by atoms with van der Waals surface area (Å²) in [5.74, 6) is 1.99. The zero-order chi connectivity index (χ0) is 16.9. The van der Waals surface area contributed by atoms with Crippen LogP contribution in [0, 0.1) is 0 Å². The van der Waals surface area contributed by atoms with Crippen LogP contribution in [0.1, 0.15) is 73.6 Å². The van der Waals surface area contributed by atoms with E-state index in [2.05, 4.69) is 28.9 Å². The molecule has 0 spiro atoms. The Hall–Kier alpha value is -2.01. The molecule has 1 saturated heterocycles. The summed E-state index contributed by atoms with van der Waals surface area (Å²) >= 11 is 0. The molecule has 5 nitrogen and oxygen atoms in total. The summed E-state index contributed by atoms with van der Waals surface area (Å²) in [5, 5.41) is 4.08. The van der Waals surface area contributed by atoms with Gasteiger partial charge in [0.25, 0.3) is 0 Å². The molecule has 0 saturated carbocycles. The van der Waals surface area contributed by atoms with Crippen molar-refractivity contribution in [2.75, 3.05) is 13.1 Å². The number of carbonyl (C=O) groups excluding carboxylic acids is 1. The predicted molar refractivity (Wildman–Crippen MR) is 91.9 cm³/mol. The number of carbonyl (C=O) groups is 1. The number of Topliss-reactive ketones (excluding diaryl/α,β-unsaturated/α-hetero) is 1. The summed E-state index contributed by atoms with van der Waals surface area (Å²) in [5.41, 5.74) is 0.800. The fourth-order valence-corrected chi connectivity index (χ4v) is 3.20. The van der Waals surface area contributed by atoms with Crippen molar-refractivity contribution < 1.29 is 9.32 Å². The molecule has 2 heterocycles. The van der Waals surface area contributed by atoms with Crippen LogP contribution in [0.5, 0.6) is 0 Å². The highest BCUT2D eigenvalue weighted by Crippen LogP contribution is 2.31. The first-order valence-electron chi connectivity index (χ1n) is 8.81. The van der Waals surface area contributed by atoms with E-state index in [-0.39, 0.29) is 17.7 Å². The average Bonchev–Trinajstić information content (AvgIpc) is 3.24. The van der Waals surface area contributed by atoms with E-state index < -0.39 is 0 Å². The Morgan fingerprint density at radius 1 is 1.33 bits per heavy atom. The normalized spacial score (nSPS) is 18.4. The van der Waals surface area contributed by atoms with Crippen LogP contribution in [0.2, 0.25) is 0 Å². The van der Waals surface area contributed by atoms with Crippen LogP contribution in [0.25, 0.3) is 0 Å². The van der Waals surface area contributed by atoms with Crippen molar-refractivity contribution in [3.05, 3.63) is 47.6 Å². The van der Waals surface area contributed by atoms with Crippen molar-refractivity contribution in [3.63, 3.8) is 0 Å². The van der Waals surface area contributed by atoms with E-state index in [1.165, 1.54) is 0 Å². The smallest absolute Gasteiger partial charge is 0.244 e. The molecule has 0 unspecified atom stereocenters. The second-order valence-electron chi connectivity index (χ2n) is 6.73. The van der Waals surface area contributed by atoms with Gasteiger partial charge in [-0.3, -0.25) is 9.69 Å². The molecule has 1 fully saturated rings. The van der Waals surface area contributed by atoms with E-state index in [9.17, 15) is 4.79 Å². The number of aromatic nitrogens is 2. The van der Waals surface area contributed by atoms with Crippen LogP contribution < -0.4 is 0 Å². The number of nitrogens with zero attached hydrogens (tertiary/aromatic N) is 3. The van der Waals surface area contributed by atoms with E-state index in [4.69, 9.17) is 4.52 Å². The van der Waals surface area contributed by atoms with Gasteiger partial charge < -0.3 is 4.52 Å². The summed E-state index contributed by atoms with van der Waals surface area (Å²) < 4.78 is 5.47. The lowest BCUT2D eigenvalue weighted by Crippen LogP contribution is -2.25. The highest BCUT2D eigenvalue weighted by Gasteiger charge is 2.30. The minimum absolute atomic E-state index is 0.205. The molecule has 1 atom stereocenters. The Morgan fingerprint density at radius 2 is 2.12 bits per heavy atom. The fourth-order valence-electron chi connectivity index (χ4n) is 3.20. The molecule has 0 aliphatic carbocycles. The highest BCUT2D eigenvalue weighted by atomic mass is 16.5. The van der Waals surface area contributed by atoms with Crippen LogP contribution in [-0.4, -0.2) is 33.9 Å². The molecule has 0 N–H and O–H groups in total. The van der Waals surface area contributed by atoms with Crippen molar-refractivity contribution in [2.45, 2.75) is 51.5 Å². The number of ketones is 1. The number of benzene rings is 1. The summed E-state index contributed by atoms with van der Waals surface area (Å²) in [6.07, 6.45) is 3.62. The number of hydrogen-bond donors (Lipinski definition) is 0. The summed E-state index contributed by atoms with van der Waals surface area (Å²) in [6, 6.07) is 9.72. The third kappa shape index (κ3) is 3.90. The van der Waals surface area contributed by atoms with Crippen LogP contribution in [-0.2, 0) is 0 Å². The van der Waals surface area contributed by atoms with Gasteiger partial charge in [-0.05, 0) is 32.4 Å². The maximum atomic E-state index is 12.2. The van der Waals surface area contributed by atoms with Gasteiger partial charge in [-0.15, -0.1) is 0 Å². The Bertz CT molecular complexity index is 666. The molecule has 1 aliphatic rings. The van der Waals surface area contributed by atoms with Gasteiger partial charge in [0.05, 0.1) is 6.04 Å². The first-order chi connectivity index (χ1) is 11.6. The summed E-state index contributed by atoms with van der Waals surface area (Å²) in [4.78, 5) is 19.1. The molecular formula is C19H25N3O2. The Morgan fingerprint density at radius 3 is 2.83 bits per heavy atom. The van der Waals surface area contributed by atoms with E-state index in [1.54, 1.807) is 0 Å². The van der Waals surface area contributed by atoms with Crippen molar-refractivity contribution >= 4 is 5.78 Å². The molecule has 1 aromatic heterocycles. The van der Waals surface area contributed by atoms with E-state index in [1.807, 2.05) is 30.3 Å². The van der Waals surface area contributed by atoms with E-state index in [0.717, 1.165) is 49.6 Å². The van der Waals surface area contributed by atoms with Gasteiger partial charge in [-0.1, -0.05) is 49.3 Å². The third-order valence-corrected chi connectivity index (χ3v) is 4.57. The summed E-state index contributed by atoms with van der Waals surface area (Å²) in [6.45, 7) is 6.05. The minimum Gasteiger partial charge on any atom is -0.338 e. The third-order valence-electron chi connectivity index (χ3n) is 4.57. The standard InChI is InChI=1S/C19H25N3O2/c1-14(2)18-20-19(24-21-18)16-10-6-12-22(16)13-7-11-17(23)15-8-4-3-5-9-15/h3-5,8-9,14,16H,6-7,10-13H2,1-2H3/t16-/m1/s1. The first-order valence-corrected chi connectivity index (χ1v) is 8.81. The molecule has 2 aromatic rings. The number of likely N-dealkylation sites (tertiary alicyclic amines) is 1.